The van der Waals surface area contributed by atoms with Crippen LogP contribution in [0.1, 0.15) is 6.42 Å². The van der Waals surface area contributed by atoms with Gasteiger partial charge in [0.15, 0.2) is 0 Å². The molecule has 0 aromatic heterocycles. The Hall–Kier alpha value is -1.23. The molecule has 2 N–H and O–H groups in total. The maximum Gasteiger partial charge on any atom is 0.270 e. The molecule has 21 heavy (non-hydrogen) atoms. The van der Waals surface area contributed by atoms with Crippen LogP contribution in [0.15, 0.2) is 23.1 Å². The van der Waals surface area contributed by atoms with Gasteiger partial charge < -0.3 is 5.11 Å². The summed E-state index contributed by atoms with van der Waals surface area (Å²) in [7, 11) is -4.13. The summed E-state index contributed by atoms with van der Waals surface area (Å²) >= 11 is 1.44. The quantitative estimate of drug-likeness (QED) is 0.397. The summed E-state index contributed by atoms with van der Waals surface area (Å²) in [6, 6.07) is 2.35. The van der Waals surface area contributed by atoms with Crippen LogP contribution in [-0.2, 0) is 10.0 Å². The van der Waals surface area contributed by atoms with E-state index in [1.54, 1.807) is 0 Å². The van der Waals surface area contributed by atoms with Crippen LogP contribution in [0.5, 0.6) is 0 Å². The number of aliphatic hydroxyl groups is 1. The molecule has 0 fully saturated rings. The second kappa shape index (κ2) is 8.27. The summed E-state index contributed by atoms with van der Waals surface area (Å²) in [5, 5.41) is 19.2. The van der Waals surface area contributed by atoms with Crippen LogP contribution in [0.25, 0.3) is 0 Å². The van der Waals surface area contributed by atoms with Gasteiger partial charge in [-0.2, -0.15) is 11.8 Å². The van der Waals surface area contributed by atoms with Gasteiger partial charge in [0, 0.05) is 31.0 Å². The summed E-state index contributed by atoms with van der Waals surface area (Å²) in [4.78, 5) is 9.07. The van der Waals surface area contributed by atoms with E-state index in [1.165, 1.54) is 11.8 Å². The molecule has 0 unspecified atom stereocenters. The van der Waals surface area contributed by atoms with E-state index in [2.05, 4.69) is 4.72 Å². The molecule has 0 saturated carbocycles. The monoisotopic (exact) mass is 338 g/mol. The number of sulfonamides is 1. The minimum Gasteiger partial charge on any atom is -0.396 e. The lowest BCUT2D eigenvalue weighted by Gasteiger charge is -2.07. The number of benzene rings is 1. The van der Waals surface area contributed by atoms with Crippen molar-refractivity contribution in [3.8, 4) is 0 Å². The topological polar surface area (TPSA) is 110 Å². The highest BCUT2D eigenvalue weighted by molar-refractivity contribution is 7.99. The normalized spacial score (nSPS) is 11.5. The molecule has 0 bridgehead atoms. The van der Waals surface area contributed by atoms with Crippen LogP contribution in [0, 0.1) is 15.9 Å². The molecular formula is C11H15FN2O5S2. The van der Waals surface area contributed by atoms with Crippen molar-refractivity contribution >= 4 is 27.5 Å². The number of halogens is 1. The maximum atomic E-state index is 13.5. The third-order valence-electron chi connectivity index (χ3n) is 2.40. The zero-order valence-corrected chi connectivity index (χ0v) is 12.6. The molecule has 118 valence electrons. The van der Waals surface area contributed by atoms with Crippen molar-refractivity contribution in [3.63, 3.8) is 0 Å². The third kappa shape index (κ3) is 5.58. The van der Waals surface area contributed by atoms with Crippen LogP contribution in [0.3, 0.4) is 0 Å². The summed E-state index contributed by atoms with van der Waals surface area (Å²) in [5.74, 6) is 0.0974. The number of thioether (sulfide) groups is 1. The van der Waals surface area contributed by atoms with Crippen molar-refractivity contribution in [1.29, 1.82) is 0 Å². The summed E-state index contributed by atoms with van der Waals surface area (Å²) in [6.07, 6.45) is 0.608. The molecule has 1 rings (SSSR count). The van der Waals surface area contributed by atoms with Crippen LogP contribution >= 0.6 is 11.8 Å². The molecule has 0 heterocycles. The zero-order valence-electron chi connectivity index (χ0n) is 11.0. The van der Waals surface area contributed by atoms with E-state index in [0.29, 0.717) is 24.0 Å². The van der Waals surface area contributed by atoms with E-state index in [4.69, 9.17) is 5.11 Å². The predicted molar refractivity (Wildman–Crippen MR) is 77.3 cm³/mol. The number of hydrogen-bond donors (Lipinski definition) is 2. The Labute approximate surface area is 125 Å². The molecule has 0 aliphatic carbocycles. The Kier molecular flexibility index (Phi) is 7.02. The van der Waals surface area contributed by atoms with Gasteiger partial charge >= 0.3 is 0 Å². The minimum absolute atomic E-state index is 0.0671. The number of nitro groups is 1. The lowest BCUT2D eigenvalue weighted by atomic mass is 10.3. The van der Waals surface area contributed by atoms with Crippen molar-refractivity contribution in [2.75, 3.05) is 24.7 Å². The van der Waals surface area contributed by atoms with E-state index in [0.717, 1.165) is 12.1 Å². The molecule has 0 saturated heterocycles. The number of hydrogen-bond acceptors (Lipinski definition) is 6. The molecule has 10 heteroatoms. The Morgan fingerprint density at radius 1 is 1.38 bits per heavy atom. The molecule has 0 amide bonds. The summed E-state index contributed by atoms with van der Waals surface area (Å²) in [6.45, 7) is 0.137. The van der Waals surface area contributed by atoms with Crippen LogP contribution in [-0.4, -0.2) is 43.1 Å². The van der Waals surface area contributed by atoms with E-state index >= 15 is 0 Å². The fraction of sp³-hybridized carbons (Fsp3) is 0.455. The molecule has 0 radical (unpaired) electrons. The molecule has 0 atom stereocenters. The summed E-state index contributed by atoms with van der Waals surface area (Å²) in [5.41, 5.74) is -0.492. The second-order valence-corrected chi connectivity index (χ2v) is 6.92. The highest BCUT2D eigenvalue weighted by Gasteiger charge is 2.22. The van der Waals surface area contributed by atoms with Crippen molar-refractivity contribution in [2.45, 2.75) is 11.3 Å². The zero-order chi connectivity index (χ0) is 15.9. The second-order valence-electron chi connectivity index (χ2n) is 3.96. The lowest BCUT2D eigenvalue weighted by Crippen LogP contribution is -2.27. The van der Waals surface area contributed by atoms with E-state index in [-0.39, 0.29) is 13.2 Å². The molecule has 1 aromatic rings. The first-order valence-corrected chi connectivity index (χ1v) is 8.64. The number of nitrogens with zero attached hydrogens (tertiary/aromatic N) is 1. The van der Waals surface area contributed by atoms with E-state index < -0.39 is 31.3 Å². The highest BCUT2D eigenvalue weighted by atomic mass is 32.2. The number of aliphatic hydroxyl groups excluding tert-OH is 1. The van der Waals surface area contributed by atoms with Gasteiger partial charge in [0.25, 0.3) is 5.69 Å². The molecular weight excluding hydrogens is 323 g/mol. The SMILES string of the molecule is O=[N+]([O-])c1ccc(F)c(S(=O)(=O)NCCSCCCO)c1. The molecule has 0 aliphatic heterocycles. The van der Waals surface area contributed by atoms with E-state index in [1.807, 2.05) is 0 Å². The lowest BCUT2D eigenvalue weighted by molar-refractivity contribution is -0.385. The van der Waals surface area contributed by atoms with Gasteiger partial charge in [-0.15, -0.1) is 0 Å². The van der Waals surface area contributed by atoms with Gasteiger partial charge in [-0.1, -0.05) is 0 Å². The Morgan fingerprint density at radius 2 is 2.10 bits per heavy atom. The van der Waals surface area contributed by atoms with Crippen LogP contribution in [0.4, 0.5) is 10.1 Å². The number of nitro benzene ring substituents is 1. The molecule has 7 nitrogen and oxygen atoms in total. The highest BCUT2D eigenvalue weighted by Crippen LogP contribution is 2.20. The molecule has 0 spiro atoms. The van der Waals surface area contributed by atoms with Gasteiger partial charge in [0.2, 0.25) is 10.0 Å². The third-order valence-corrected chi connectivity index (χ3v) is 4.95. The van der Waals surface area contributed by atoms with Gasteiger partial charge in [-0.3, -0.25) is 10.1 Å². The largest absolute Gasteiger partial charge is 0.396 e. The Balaban J connectivity index is 2.70. The summed E-state index contributed by atoms with van der Waals surface area (Å²) < 4.78 is 39.5. The standard InChI is InChI=1S/C11H15FN2O5S2/c12-10-3-2-9(14(16)17)8-11(10)21(18,19)13-4-7-20-6-1-5-15/h2-3,8,13,15H,1,4-7H2. The minimum atomic E-state index is -4.13. The van der Waals surface area contributed by atoms with Gasteiger partial charge in [-0.25, -0.2) is 17.5 Å². The molecule has 0 aliphatic rings. The first-order chi connectivity index (χ1) is 9.88. The first kappa shape index (κ1) is 17.8. The van der Waals surface area contributed by atoms with Gasteiger partial charge in [0.05, 0.1) is 4.92 Å². The fourth-order valence-corrected chi connectivity index (χ4v) is 3.45. The first-order valence-electron chi connectivity index (χ1n) is 6.00. The van der Waals surface area contributed by atoms with Gasteiger partial charge in [0.1, 0.15) is 10.7 Å². The fourth-order valence-electron chi connectivity index (χ4n) is 1.41. The number of non-ortho nitro benzene ring substituents is 1. The van der Waals surface area contributed by atoms with Crippen molar-refractivity contribution in [1.82, 2.24) is 4.72 Å². The van der Waals surface area contributed by atoms with Gasteiger partial charge in [-0.05, 0) is 18.2 Å². The van der Waals surface area contributed by atoms with Crippen LogP contribution in [0.2, 0.25) is 0 Å². The Bertz CT molecular complexity index is 594. The average molecular weight is 338 g/mol. The smallest absolute Gasteiger partial charge is 0.270 e. The predicted octanol–water partition coefficient (Wildman–Crippen LogP) is 1.13. The number of rotatable bonds is 9. The number of nitrogens with one attached hydrogen (secondary N) is 1. The van der Waals surface area contributed by atoms with Crippen molar-refractivity contribution in [2.24, 2.45) is 0 Å². The van der Waals surface area contributed by atoms with Crippen molar-refractivity contribution in [3.05, 3.63) is 34.1 Å². The van der Waals surface area contributed by atoms with Crippen molar-refractivity contribution < 1.29 is 22.8 Å². The van der Waals surface area contributed by atoms with E-state index in [9.17, 15) is 22.9 Å². The average Bonchev–Trinajstić information content (AvgIpc) is 2.42. The van der Waals surface area contributed by atoms with Crippen LogP contribution < -0.4 is 4.72 Å². The maximum absolute atomic E-state index is 13.5. The Morgan fingerprint density at radius 3 is 2.71 bits per heavy atom. The molecule has 1 aromatic carbocycles.